The maximum absolute atomic E-state index is 11.1. The van der Waals surface area contributed by atoms with Crippen molar-refractivity contribution in [3.05, 3.63) is 0 Å². The summed E-state index contributed by atoms with van der Waals surface area (Å²) in [5.74, 6) is -0.483. The molecule has 0 aromatic rings. The second-order valence-corrected chi connectivity index (χ2v) is 3.58. The van der Waals surface area contributed by atoms with Gasteiger partial charge in [-0.15, -0.1) is 0 Å². The van der Waals surface area contributed by atoms with Crippen LogP contribution in [0.25, 0.3) is 0 Å². The molecule has 2 aliphatic rings. The lowest BCUT2D eigenvalue weighted by molar-refractivity contribution is -0.140. The Morgan fingerprint density at radius 2 is 2.00 bits per heavy atom. The average molecular weight is 191 g/mol. The van der Waals surface area contributed by atoms with Crippen LogP contribution in [0.2, 0.25) is 0 Å². The Bertz CT molecular complexity index is 233. The number of fused-ring (bicyclic) bond motifs is 2. The first-order valence-electron chi connectivity index (χ1n) is 3.92. The monoisotopic (exact) mass is 191 g/mol. The van der Waals surface area contributed by atoms with Gasteiger partial charge in [-0.3, -0.25) is 4.79 Å². The number of hydrogen-bond acceptors (Lipinski definition) is 4. The van der Waals surface area contributed by atoms with E-state index >= 15 is 0 Å². The number of carbonyl (C=O) groups is 1. The van der Waals surface area contributed by atoms with Crippen molar-refractivity contribution in [3.63, 3.8) is 0 Å². The molecule has 0 aromatic heterocycles. The van der Waals surface area contributed by atoms with E-state index in [0.29, 0.717) is 0 Å². The van der Waals surface area contributed by atoms with Crippen LogP contribution >= 0.6 is 0 Å². The fourth-order valence-electron chi connectivity index (χ4n) is 1.93. The van der Waals surface area contributed by atoms with Crippen molar-refractivity contribution >= 4 is 5.91 Å². The van der Waals surface area contributed by atoms with E-state index in [1.807, 2.05) is 0 Å². The summed E-state index contributed by atoms with van der Waals surface area (Å²) in [7, 11) is 0. The Morgan fingerprint density at radius 1 is 1.38 bits per heavy atom. The Hall–Kier alpha value is -0.690. The van der Waals surface area contributed by atoms with Crippen LogP contribution in [-0.2, 0) is 4.79 Å². The SMILES string of the molecule is O.O=C1N[C@@H]2CC1(O)C[C@@H](O)C2O. The Morgan fingerprint density at radius 3 is 2.62 bits per heavy atom. The first kappa shape index (κ1) is 10.4. The Labute approximate surface area is 74.5 Å². The van der Waals surface area contributed by atoms with Gasteiger partial charge < -0.3 is 26.1 Å². The largest absolute Gasteiger partial charge is 0.412 e. The zero-order valence-corrected chi connectivity index (χ0v) is 6.90. The molecule has 6 nitrogen and oxygen atoms in total. The Balaban J connectivity index is 0.000000845. The molecule has 1 saturated carbocycles. The molecule has 76 valence electrons. The van der Waals surface area contributed by atoms with Gasteiger partial charge in [-0.1, -0.05) is 0 Å². The minimum absolute atomic E-state index is 0. The average Bonchev–Trinajstić information content (AvgIpc) is 2.22. The molecule has 2 fully saturated rings. The molecule has 2 rings (SSSR count). The first-order valence-corrected chi connectivity index (χ1v) is 3.92. The smallest absolute Gasteiger partial charge is 0.252 e. The van der Waals surface area contributed by atoms with E-state index in [1.165, 1.54) is 0 Å². The highest BCUT2D eigenvalue weighted by molar-refractivity contribution is 5.88. The van der Waals surface area contributed by atoms with Gasteiger partial charge in [0.1, 0.15) is 11.7 Å². The molecule has 0 spiro atoms. The van der Waals surface area contributed by atoms with E-state index in [9.17, 15) is 20.1 Å². The molecule has 13 heavy (non-hydrogen) atoms. The summed E-state index contributed by atoms with van der Waals surface area (Å²) in [6.07, 6.45) is -1.83. The number of amides is 1. The molecule has 6 heteroatoms. The number of hydrogen-bond donors (Lipinski definition) is 4. The molecule has 6 N–H and O–H groups in total. The summed E-state index contributed by atoms with van der Waals surface area (Å²) in [6, 6.07) is -0.494. The molecule has 2 bridgehead atoms. The number of aliphatic hydroxyl groups excluding tert-OH is 2. The van der Waals surface area contributed by atoms with Crippen molar-refractivity contribution in [2.45, 2.75) is 36.7 Å². The molecule has 2 unspecified atom stereocenters. The molecule has 0 radical (unpaired) electrons. The maximum Gasteiger partial charge on any atom is 0.252 e. The molecule has 4 atom stereocenters. The fraction of sp³-hybridized carbons (Fsp3) is 0.857. The van der Waals surface area contributed by atoms with Gasteiger partial charge in [-0.25, -0.2) is 0 Å². The molecule has 1 aliphatic heterocycles. The zero-order chi connectivity index (χ0) is 8.93. The predicted octanol–water partition coefficient (Wildman–Crippen LogP) is -3.09. The second kappa shape index (κ2) is 2.91. The van der Waals surface area contributed by atoms with Crippen LogP contribution in [0, 0.1) is 0 Å². The highest BCUT2D eigenvalue weighted by Crippen LogP contribution is 2.34. The predicted molar refractivity (Wildman–Crippen MR) is 41.7 cm³/mol. The van der Waals surface area contributed by atoms with Crippen LogP contribution in [0.4, 0.5) is 0 Å². The van der Waals surface area contributed by atoms with Crippen molar-refractivity contribution in [3.8, 4) is 0 Å². The second-order valence-electron chi connectivity index (χ2n) is 3.58. The van der Waals surface area contributed by atoms with Crippen molar-refractivity contribution in [1.82, 2.24) is 5.32 Å². The molecular formula is C7H13NO5. The third-order valence-electron chi connectivity index (χ3n) is 2.65. The van der Waals surface area contributed by atoms with E-state index in [0.717, 1.165) is 0 Å². The van der Waals surface area contributed by atoms with Crippen LogP contribution in [0.3, 0.4) is 0 Å². The van der Waals surface area contributed by atoms with Crippen molar-refractivity contribution in [1.29, 1.82) is 0 Å². The lowest BCUT2D eigenvalue weighted by Gasteiger charge is -2.31. The van der Waals surface area contributed by atoms with Gasteiger partial charge in [0.25, 0.3) is 5.91 Å². The van der Waals surface area contributed by atoms with Gasteiger partial charge in [0, 0.05) is 12.8 Å². The number of aliphatic hydroxyl groups is 3. The molecular weight excluding hydrogens is 178 g/mol. The lowest BCUT2D eigenvalue weighted by Crippen LogP contribution is -2.48. The van der Waals surface area contributed by atoms with Crippen LogP contribution in [-0.4, -0.2) is 50.6 Å². The third kappa shape index (κ3) is 1.31. The van der Waals surface area contributed by atoms with Crippen LogP contribution in [0.1, 0.15) is 12.8 Å². The molecule has 1 amide bonds. The minimum atomic E-state index is -1.46. The molecule has 1 saturated heterocycles. The molecule has 0 aromatic carbocycles. The van der Waals surface area contributed by atoms with Crippen molar-refractivity contribution < 1.29 is 25.6 Å². The van der Waals surface area contributed by atoms with E-state index in [4.69, 9.17) is 0 Å². The minimum Gasteiger partial charge on any atom is -0.412 e. The highest BCUT2D eigenvalue weighted by atomic mass is 16.3. The van der Waals surface area contributed by atoms with E-state index in [1.54, 1.807) is 0 Å². The quantitative estimate of drug-likeness (QED) is 0.324. The van der Waals surface area contributed by atoms with Gasteiger partial charge in [0.15, 0.2) is 0 Å². The first-order chi connectivity index (χ1) is 5.53. The summed E-state index contributed by atoms with van der Waals surface area (Å²) in [5.41, 5.74) is -1.46. The van der Waals surface area contributed by atoms with Crippen LogP contribution < -0.4 is 5.32 Å². The van der Waals surface area contributed by atoms with E-state index < -0.39 is 29.8 Å². The van der Waals surface area contributed by atoms with Crippen molar-refractivity contribution in [2.75, 3.05) is 0 Å². The fourth-order valence-corrected chi connectivity index (χ4v) is 1.93. The van der Waals surface area contributed by atoms with E-state index in [2.05, 4.69) is 5.32 Å². The number of rotatable bonds is 0. The van der Waals surface area contributed by atoms with Crippen LogP contribution in [0.5, 0.6) is 0 Å². The standard InChI is InChI=1S/C7H11NO4.H2O/c9-4-2-7(12)1-3(5(4)10)8-6(7)11;/h3-5,9-10,12H,1-2H2,(H,8,11);1H2/t3-,4-,5?,7?;/m1./s1. The summed E-state index contributed by atoms with van der Waals surface area (Å²) < 4.78 is 0. The summed E-state index contributed by atoms with van der Waals surface area (Å²) in [5, 5.41) is 30.6. The highest BCUT2D eigenvalue weighted by Gasteiger charge is 2.54. The normalized spacial score (nSPS) is 48.2. The molecule has 1 aliphatic carbocycles. The summed E-state index contributed by atoms with van der Waals surface area (Å²) in [4.78, 5) is 11.1. The van der Waals surface area contributed by atoms with Gasteiger partial charge in [0.2, 0.25) is 0 Å². The summed E-state index contributed by atoms with van der Waals surface area (Å²) >= 11 is 0. The van der Waals surface area contributed by atoms with Crippen molar-refractivity contribution in [2.24, 2.45) is 0 Å². The third-order valence-corrected chi connectivity index (χ3v) is 2.65. The number of nitrogens with one attached hydrogen (secondary N) is 1. The Kier molecular flexibility index (Phi) is 2.33. The molecule has 1 heterocycles. The van der Waals surface area contributed by atoms with Gasteiger partial charge in [-0.2, -0.15) is 0 Å². The van der Waals surface area contributed by atoms with Crippen LogP contribution in [0.15, 0.2) is 0 Å². The number of carbonyl (C=O) groups excluding carboxylic acids is 1. The maximum atomic E-state index is 11.1. The van der Waals surface area contributed by atoms with Gasteiger partial charge in [-0.05, 0) is 0 Å². The zero-order valence-electron chi connectivity index (χ0n) is 6.90. The topological polar surface area (TPSA) is 121 Å². The summed E-state index contributed by atoms with van der Waals surface area (Å²) in [6.45, 7) is 0. The van der Waals surface area contributed by atoms with E-state index in [-0.39, 0.29) is 18.3 Å². The van der Waals surface area contributed by atoms with Gasteiger partial charge in [0.05, 0.1) is 12.1 Å². The van der Waals surface area contributed by atoms with Gasteiger partial charge >= 0.3 is 0 Å². The lowest BCUT2D eigenvalue weighted by atomic mass is 9.82.